The van der Waals surface area contributed by atoms with Gasteiger partial charge in [-0.1, -0.05) is 12.2 Å². The van der Waals surface area contributed by atoms with Gasteiger partial charge in [0, 0.05) is 26.2 Å². The standard InChI is InChI=1S/C12H22N2O/c1-5-9-13(10-6-2)11-12(15)14(7-3)8-4/h5-6H,1-2,7-11H2,3-4H3. The molecular weight excluding hydrogens is 188 g/mol. The maximum atomic E-state index is 11.8. The van der Waals surface area contributed by atoms with E-state index in [9.17, 15) is 4.79 Å². The van der Waals surface area contributed by atoms with Crippen molar-refractivity contribution in [2.24, 2.45) is 0 Å². The number of amides is 1. The summed E-state index contributed by atoms with van der Waals surface area (Å²) < 4.78 is 0. The molecule has 0 saturated carbocycles. The van der Waals surface area contributed by atoms with Crippen LogP contribution in [-0.4, -0.2) is 48.4 Å². The van der Waals surface area contributed by atoms with Gasteiger partial charge in [-0.3, -0.25) is 9.69 Å². The van der Waals surface area contributed by atoms with Crippen LogP contribution in [-0.2, 0) is 4.79 Å². The molecule has 0 saturated heterocycles. The fraction of sp³-hybridized carbons (Fsp3) is 0.583. The van der Waals surface area contributed by atoms with Crippen molar-refractivity contribution in [3.8, 4) is 0 Å². The van der Waals surface area contributed by atoms with E-state index >= 15 is 0 Å². The number of rotatable bonds is 8. The number of carbonyl (C=O) groups is 1. The Kier molecular flexibility index (Phi) is 7.64. The Balaban J connectivity index is 4.18. The van der Waals surface area contributed by atoms with Gasteiger partial charge in [0.05, 0.1) is 6.54 Å². The highest BCUT2D eigenvalue weighted by Gasteiger charge is 2.12. The van der Waals surface area contributed by atoms with Crippen LogP contribution in [0.3, 0.4) is 0 Å². The summed E-state index contributed by atoms with van der Waals surface area (Å²) in [5, 5.41) is 0. The predicted octanol–water partition coefficient (Wildman–Crippen LogP) is 1.53. The van der Waals surface area contributed by atoms with Gasteiger partial charge in [-0.05, 0) is 13.8 Å². The minimum absolute atomic E-state index is 0.170. The maximum absolute atomic E-state index is 11.8. The topological polar surface area (TPSA) is 23.6 Å². The first-order valence-electron chi connectivity index (χ1n) is 5.41. The molecule has 3 heteroatoms. The van der Waals surface area contributed by atoms with Crippen LogP contribution < -0.4 is 0 Å². The molecule has 3 nitrogen and oxygen atoms in total. The third-order valence-corrected chi connectivity index (χ3v) is 2.25. The first-order valence-corrected chi connectivity index (χ1v) is 5.41. The molecule has 0 atom stereocenters. The molecule has 0 radical (unpaired) electrons. The van der Waals surface area contributed by atoms with Gasteiger partial charge >= 0.3 is 0 Å². The highest BCUT2D eigenvalue weighted by molar-refractivity contribution is 5.78. The van der Waals surface area contributed by atoms with Crippen molar-refractivity contribution >= 4 is 5.91 Å². The average Bonchev–Trinajstić information content (AvgIpc) is 2.20. The fourth-order valence-electron chi connectivity index (χ4n) is 1.44. The first-order chi connectivity index (χ1) is 7.19. The van der Waals surface area contributed by atoms with Crippen molar-refractivity contribution in [1.82, 2.24) is 9.80 Å². The van der Waals surface area contributed by atoms with Crippen molar-refractivity contribution in [3.05, 3.63) is 25.3 Å². The Morgan fingerprint density at radius 3 is 1.93 bits per heavy atom. The van der Waals surface area contributed by atoms with Crippen molar-refractivity contribution in [2.45, 2.75) is 13.8 Å². The van der Waals surface area contributed by atoms with Gasteiger partial charge in [-0.25, -0.2) is 0 Å². The van der Waals surface area contributed by atoms with E-state index in [-0.39, 0.29) is 5.91 Å². The van der Waals surface area contributed by atoms with E-state index in [0.717, 1.165) is 26.2 Å². The smallest absolute Gasteiger partial charge is 0.236 e. The van der Waals surface area contributed by atoms with Gasteiger partial charge < -0.3 is 4.90 Å². The predicted molar refractivity (Wildman–Crippen MR) is 64.8 cm³/mol. The second-order valence-corrected chi connectivity index (χ2v) is 3.34. The Bertz CT molecular complexity index is 200. The lowest BCUT2D eigenvalue weighted by Crippen LogP contribution is -2.40. The van der Waals surface area contributed by atoms with E-state index in [1.807, 2.05) is 23.6 Å². The summed E-state index contributed by atoms with van der Waals surface area (Å²) in [7, 11) is 0. The SMILES string of the molecule is C=CCN(CC=C)CC(=O)N(CC)CC. The second kappa shape index (κ2) is 8.24. The van der Waals surface area contributed by atoms with E-state index in [0.29, 0.717) is 6.54 Å². The van der Waals surface area contributed by atoms with Crippen LogP contribution in [0.15, 0.2) is 25.3 Å². The van der Waals surface area contributed by atoms with E-state index in [1.54, 1.807) is 12.2 Å². The molecule has 86 valence electrons. The summed E-state index contributed by atoms with van der Waals surface area (Å²) in [5.74, 6) is 0.170. The van der Waals surface area contributed by atoms with E-state index in [4.69, 9.17) is 0 Å². The zero-order valence-corrected chi connectivity index (χ0v) is 9.91. The lowest BCUT2D eigenvalue weighted by molar-refractivity contribution is -0.131. The Labute approximate surface area is 93.1 Å². The van der Waals surface area contributed by atoms with Crippen LogP contribution in [0.4, 0.5) is 0 Å². The molecule has 0 aliphatic rings. The van der Waals surface area contributed by atoms with Gasteiger partial charge in [0.15, 0.2) is 0 Å². The summed E-state index contributed by atoms with van der Waals surface area (Å²) >= 11 is 0. The molecule has 0 aromatic heterocycles. The number of carbonyl (C=O) groups excluding carboxylic acids is 1. The Morgan fingerprint density at radius 1 is 1.13 bits per heavy atom. The molecule has 0 unspecified atom stereocenters. The summed E-state index contributed by atoms with van der Waals surface area (Å²) in [6.45, 7) is 14.8. The minimum Gasteiger partial charge on any atom is -0.342 e. The molecule has 0 fully saturated rings. The lowest BCUT2D eigenvalue weighted by atomic mass is 10.4. The van der Waals surface area contributed by atoms with Gasteiger partial charge in [0.1, 0.15) is 0 Å². The Hall–Kier alpha value is -1.09. The van der Waals surface area contributed by atoms with Crippen LogP contribution in [0, 0.1) is 0 Å². The number of nitrogens with zero attached hydrogens (tertiary/aromatic N) is 2. The lowest BCUT2D eigenvalue weighted by Gasteiger charge is -2.24. The quantitative estimate of drug-likeness (QED) is 0.567. The molecule has 0 heterocycles. The second-order valence-electron chi connectivity index (χ2n) is 3.34. The normalized spacial score (nSPS) is 10.1. The van der Waals surface area contributed by atoms with Gasteiger partial charge in [0.2, 0.25) is 5.91 Å². The van der Waals surface area contributed by atoms with Crippen molar-refractivity contribution in [3.63, 3.8) is 0 Å². The van der Waals surface area contributed by atoms with Crippen molar-refractivity contribution < 1.29 is 4.79 Å². The van der Waals surface area contributed by atoms with Gasteiger partial charge in [-0.15, -0.1) is 13.2 Å². The molecule has 1 amide bonds. The van der Waals surface area contributed by atoms with Crippen molar-refractivity contribution in [2.75, 3.05) is 32.7 Å². The van der Waals surface area contributed by atoms with Crippen LogP contribution in [0.2, 0.25) is 0 Å². The molecule has 15 heavy (non-hydrogen) atoms. The molecule has 0 aromatic carbocycles. The summed E-state index contributed by atoms with van der Waals surface area (Å²) in [6, 6.07) is 0. The molecule has 0 aliphatic heterocycles. The first kappa shape index (κ1) is 13.9. The van der Waals surface area contributed by atoms with E-state index in [2.05, 4.69) is 13.2 Å². The van der Waals surface area contributed by atoms with E-state index in [1.165, 1.54) is 0 Å². The molecule has 0 N–H and O–H groups in total. The highest BCUT2D eigenvalue weighted by Crippen LogP contribution is 1.95. The molecular formula is C12H22N2O. The molecule has 0 aliphatic carbocycles. The average molecular weight is 210 g/mol. The third kappa shape index (κ3) is 5.37. The van der Waals surface area contributed by atoms with Gasteiger partial charge in [-0.2, -0.15) is 0 Å². The van der Waals surface area contributed by atoms with Crippen LogP contribution in [0.25, 0.3) is 0 Å². The van der Waals surface area contributed by atoms with Gasteiger partial charge in [0.25, 0.3) is 0 Å². The van der Waals surface area contributed by atoms with Crippen molar-refractivity contribution in [1.29, 1.82) is 0 Å². The Morgan fingerprint density at radius 2 is 1.60 bits per heavy atom. The van der Waals surface area contributed by atoms with Crippen LogP contribution >= 0.6 is 0 Å². The molecule has 0 rings (SSSR count). The summed E-state index contributed by atoms with van der Waals surface area (Å²) in [6.07, 6.45) is 3.61. The summed E-state index contributed by atoms with van der Waals surface area (Å²) in [4.78, 5) is 15.6. The number of hydrogen-bond acceptors (Lipinski definition) is 2. The molecule has 0 spiro atoms. The van der Waals surface area contributed by atoms with E-state index < -0.39 is 0 Å². The number of likely N-dealkylation sites (N-methyl/N-ethyl adjacent to an activating group) is 1. The monoisotopic (exact) mass is 210 g/mol. The molecule has 0 bridgehead atoms. The van der Waals surface area contributed by atoms with Crippen LogP contribution in [0.1, 0.15) is 13.8 Å². The zero-order valence-electron chi connectivity index (χ0n) is 9.91. The minimum atomic E-state index is 0.170. The largest absolute Gasteiger partial charge is 0.342 e. The highest BCUT2D eigenvalue weighted by atomic mass is 16.2. The van der Waals surface area contributed by atoms with Crippen LogP contribution in [0.5, 0.6) is 0 Å². The number of hydrogen-bond donors (Lipinski definition) is 0. The third-order valence-electron chi connectivity index (χ3n) is 2.25. The summed E-state index contributed by atoms with van der Waals surface area (Å²) in [5.41, 5.74) is 0. The fourth-order valence-corrected chi connectivity index (χ4v) is 1.44. The molecule has 0 aromatic rings. The zero-order chi connectivity index (χ0) is 11.7. The maximum Gasteiger partial charge on any atom is 0.236 e.